The van der Waals surface area contributed by atoms with E-state index < -0.39 is 0 Å². The molecule has 0 aliphatic carbocycles. The molecule has 0 saturated carbocycles. The maximum Gasteiger partial charge on any atom is 0.0542 e. The number of hydrogen-bond acceptors (Lipinski definition) is 2. The first kappa shape index (κ1) is 12.4. The number of allylic oxidation sites excluding steroid dienone is 3. The van der Waals surface area contributed by atoms with Gasteiger partial charge in [-0.1, -0.05) is 31.2 Å². The molecule has 0 saturated heterocycles. The maximum atomic E-state index is 5.68. The fourth-order valence-corrected chi connectivity index (χ4v) is 0.845. The van der Waals surface area contributed by atoms with E-state index in [4.69, 9.17) is 5.73 Å². The molecule has 1 unspecified atom stereocenters. The molecule has 0 spiro atoms. The molecule has 0 fully saturated rings. The molecule has 0 aromatic rings. The normalized spacial score (nSPS) is 14.8. The Morgan fingerprint density at radius 2 is 1.85 bits per heavy atom. The zero-order valence-electron chi connectivity index (χ0n) is 9.03. The molecule has 1 atom stereocenters. The van der Waals surface area contributed by atoms with Crippen LogP contribution in [0.5, 0.6) is 0 Å². The molecule has 0 rings (SSSR count). The predicted octanol–water partition coefficient (Wildman–Crippen LogP) is 2.14. The van der Waals surface area contributed by atoms with Crippen molar-refractivity contribution in [3.63, 3.8) is 0 Å². The summed E-state index contributed by atoms with van der Waals surface area (Å²) in [7, 11) is 2.02. The molecule has 0 radical (unpaired) electrons. The van der Waals surface area contributed by atoms with Crippen molar-refractivity contribution in [2.75, 3.05) is 13.6 Å². The zero-order chi connectivity index (χ0) is 10.1. The van der Waals surface area contributed by atoms with Crippen LogP contribution in [0.25, 0.3) is 0 Å². The summed E-state index contributed by atoms with van der Waals surface area (Å²) in [6, 6.07) is 0. The highest BCUT2D eigenvalue weighted by molar-refractivity contribution is 4.93. The van der Waals surface area contributed by atoms with Gasteiger partial charge in [-0.25, -0.2) is 0 Å². The third kappa shape index (κ3) is 7.75. The summed E-state index contributed by atoms with van der Waals surface area (Å²) in [5.74, 6) is 0. The molecule has 0 bridgehead atoms. The Balaban J connectivity index is 3.46. The van der Waals surface area contributed by atoms with Gasteiger partial charge in [0.1, 0.15) is 0 Å². The van der Waals surface area contributed by atoms with Crippen LogP contribution in [0.3, 0.4) is 0 Å². The third-order valence-electron chi connectivity index (χ3n) is 1.93. The Labute approximate surface area is 82.1 Å². The Hall–Kier alpha value is -0.600. The van der Waals surface area contributed by atoms with Gasteiger partial charge in [-0.15, -0.1) is 0 Å². The molecule has 0 aliphatic rings. The number of nitrogens with zero attached hydrogens (tertiary/aromatic N) is 1. The van der Waals surface area contributed by atoms with E-state index in [-0.39, 0.29) is 6.17 Å². The highest BCUT2D eigenvalue weighted by Gasteiger charge is 1.98. The largest absolute Gasteiger partial charge is 0.316 e. The zero-order valence-corrected chi connectivity index (χ0v) is 9.03. The highest BCUT2D eigenvalue weighted by atomic mass is 15.2. The van der Waals surface area contributed by atoms with Crippen LogP contribution in [0, 0.1) is 0 Å². The summed E-state index contributed by atoms with van der Waals surface area (Å²) >= 11 is 0. The van der Waals surface area contributed by atoms with Gasteiger partial charge < -0.3 is 5.73 Å². The molecule has 0 heterocycles. The Morgan fingerprint density at radius 1 is 1.23 bits per heavy atom. The van der Waals surface area contributed by atoms with E-state index in [1.54, 1.807) is 0 Å². The summed E-state index contributed by atoms with van der Waals surface area (Å²) < 4.78 is 0. The molecule has 2 N–H and O–H groups in total. The predicted molar refractivity (Wildman–Crippen MR) is 59.5 cm³/mol. The fraction of sp³-hybridized carbons (Fsp3) is 0.636. The molecule has 13 heavy (non-hydrogen) atoms. The minimum atomic E-state index is 0.135. The molecule has 2 nitrogen and oxygen atoms in total. The lowest BCUT2D eigenvalue weighted by atomic mass is 10.3. The highest BCUT2D eigenvalue weighted by Crippen LogP contribution is 1.91. The molecule has 76 valence electrons. The van der Waals surface area contributed by atoms with E-state index in [0.29, 0.717) is 0 Å². The fourth-order valence-electron chi connectivity index (χ4n) is 0.845. The van der Waals surface area contributed by atoms with Gasteiger partial charge >= 0.3 is 0 Å². The van der Waals surface area contributed by atoms with E-state index in [2.05, 4.69) is 36.1 Å². The lowest BCUT2D eigenvalue weighted by molar-refractivity contribution is 0.291. The average Bonchev–Trinajstić information content (AvgIpc) is 2.10. The molecule has 2 heteroatoms. The number of hydrogen-bond donors (Lipinski definition) is 1. The Bertz CT molecular complexity index is 159. The quantitative estimate of drug-likeness (QED) is 0.503. The van der Waals surface area contributed by atoms with Crippen molar-refractivity contribution in [3.05, 3.63) is 24.3 Å². The number of rotatable bonds is 6. The number of nitrogens with two attached hydrogens (primary N) is 1. The molecule has 0 aromatic carbocycles. The summed E-state index contributed by atoms with van der Waals surface area (Å²) in [5.41, 5.74) is 5.68. The third-order valence-corrected chi connectivity index (χ3v) is 1.93. The van der Waals surface area contributed by atoms with Gasteiger partial charge in [0.05, 0.1) is 6.17 Å². The Morgan fingerprint density at radius 3 is 2.38 bits per heavy atom. The lowest BCUT2D eigenvalue weighted by Crippen LogP contribution is -2.36. The van der Waals surface area contributed by atoms with Crippen molar-refractivity contribution in [2.24, 2.45) is 5.73 Å². The first-order chi connectivity index (χ1) is 6.18. The average molecular weight is 182 g/mol. The monoisotopic (exact) mass is 182 g/mol. The van der Waals surface area contributed by atoms with Gasteiger partial charge in [-0.3, -0.25) is 4.90 Å². The van der Waals surface area contributed by atoms with Crippen LogP contribution < -0.4 is 5.73 Å². The van der Waals surface area contributed by atoms with E-state index >= 15 is 0 Å². The van der Waals surface area contributed by atoms with E-state index in [9.17, 15) is 0 Å². The van der Waals surface area contributed by atoms with Gasteiger partial charge in [-0.05, 0) is 26.8 Å². The first-order valence-corrected chi connectivity index (χ1v) is 4.94. The second-order valence-electron chi connectivity index (χ2n) is 3.27. The molecular weight excluding hydrogens is 160 g/mol. The SMILES string of the molecule is CCC=CCC=CCN(C)C(C)N. The van der Waals surface area contributed by atoms with Crippen LogP contribution in [-0.2, 0) is 0 Å². The molecule has 0 aromatic heterocycles. The van der Waals surface area contributed by atoms with Crippen molar-refractivity contribution < 1.29 is 0 Å². The van der Waals surface area contributed by atoms with Crippen molar-refractivity contribution in [3.8, 4) is 0 Å². The standard InChI is InChI=1S/C11H22N2/c1-4-5-6-7-8-9-10-13(3)11(2)12/h5-6,8-9,11H,4,7,10,12H2,1-3H3. The van der Waals surface area contributed by atoms with Gasteiger partial charge in [0.15, 0.2) is 0 Å². The van der Waals surface area contributed by atoms with Crippen LogP contribution >= 0.6 is 0 Å². The summed E-state index contributed by atoms with van der Waals surface area (Å²) in [6.45, 7) is 5.06. The number of likely N-dealkylation sites (N-methyl/N-ethyl adjacent to an activating group) is 1. The van der Waals surface area contributed by atoms with Gasteiger partial charge in [-0.2, -0.15) is 0 Å². The minimum absolute atomic E-state index is 0.135. The van der Waals surface area contributed by atoms with Gasteiger partial charge in [0.25, 0.3) is 0 Å². The summed E-state index contributed by atoms with van der Waals surface area (Å²) in [6.07, 6.45) is 11.0. The summed E-state index contributed by atoms with van der Waals surface area (Å²) in [4.78, 5) is 2.10. The van der Waals surface area contributed by atoms with Crippen molar-refractivity contribution >= 4 is 0 Å². The van der Waals surface area contributed by atoms with Crippen molar-refractivity contribution in [1.82, 2.24) is 4.90 Å². The van der Waals surface area contributed by atoms with Crippen LogP contribution in [0.4, 0.5) is 0 Å². The topological polar surface area (TPSA) is 29.3 Å². The van der Waals surface area contributed by atoms with Crippen LogP contribution in [-0.4, -0.2) is 24.7 Å². The van der Waals surface area contributed by atoms with Crippen LogP contribution in [0.15, 0.2) is 24.3 Å². The second-order valence-corrected chi connectivity index (χ2v) is 3.27. The van der Waals surface area contributed by atoms with Gasteiger partial charge in [0, 0.05) is 6.54 Å². The van der Waals surface area contributed by atoms with Crippen LogP contribution in [0.1, 0.15) is 26.7 Å². The smallest absolute Gasteiger partial charge is 0.0542 e. The summed E-state index contributed by atoms with van der Waals surface area (Å²) in [5, 5.41) is 0. The van der Waals surface area contributed by atoms with E-state index in [1.807, 2.05) is 14.0 Å². The first-order valence-electron chi connectivity index (χ1n) is 4.94. The second kappa shape index (κ2) is 8.02. The van der Waals surface area contributed by atoms with E-state index in [1.165, 1.54) is 0 Å². The molecule has 0 amide bonds. The van der Waals surface area contributed by atoms with Crippen molar-refractivity contribution in [2.45, 2.75) is 32.9 Å². The molecular formula is C11H22N2. The maximum absolute atomic E-state index is 5.68. The minimum Gasteiger partial charge on any atom is -0.316 e. The van der Waals surface area contributed by atoms with Gasteiger partial charge in [0.2, 0.25) is 0 Å². The Kier molecular flexibility index (Phi) is 7.65. The van der Waals surface area contributed by atoms with E-state index in [0.717, 1.165) is 19.4 Å². The lowest BCUT2D eigenvalue weighted by Gasteiger charge is -2.18. The molecule has 0 aliphatic heterocycles. The van der Waals surface area contributed by atoms with Crippen LogP contribution in [0.2, 0.25) is 0 Å². The van der Waals surface area contributed by atoms with Crippen molar-refractivity contribution in [1.29, 1.82) is 0 Å².